The monoisotopic (exact) mass is 457 g/mol. The fourth-order valence-electron chi connectivity index (χ4n) is 4.03. The van der Waals surface area contributed by atoms with Crippen molar-refractivity contribution in [1.82, 2.24) is 24.8 Å². The largest absolute Gasteiger partial charge is 0.497 e. The molecular formula is C26H27N5O3. The molecule has 34 heavy (non-hydrogen) atoms. The third-order valence-corrected chi connectivity index (χ3v) is 6.09. The number of amides is 1. The number of H-pyrrole nitrogens is 1. The molecule has 174 valence electrons. The molecule has 0 saturated heterocycles. The van der Waals surface area contributed by atoms with Gasteiger partial charge in [-0.2, -0.15) is 0 Å². The number of aromatic nitrogens is 4. The number of ether oxygens (including phenoxy) is 2. The molecular weight excluding hydrogens is 430 g/mol. The fraction of sp³-hybridized carbons (Fsp3) is 0.308. The van der Waals surface area contributed by atoms with E-state index in [1.165, 1.54) is 0 Å². The predicted octanol–water partition coefficient (Wildman–Crippen LogP) is 4.13. The molecule has 0 radical (unpaired) electrons. The molecule has 0 aliphatic heterocycles. The van der Waals surface area contributed by atoms with Crippen LogP contribution in [0.25, 0.3) is 22.2 Å². The summed E-state index contributed by atoms with van der Waals surface area (Å²) in [6.07, 6.45) is 6.31. The minimum atomic E-state index is -0.0731. The Bertz CT molecular complexity index is 1300. The first-order chi connectivity index (χ1) is 16.6. The third kappa shape index (κ3) is 4.71. The quantitative estimate of drug-likeness (QED) is 0.406. The van der Waals surface area contributed by atoms with Gasteiger partial charge < -0.3 is 19.4 Å². The summed E-state index contributed by atoms with van der Waals surface area (Å²) >= 11 is 0. The van der Waals surface area contributed by atoms with Gasteiger partial charge in [0.15, 0.2) is 0 Å². The highest BCUT2D eigenvalue weighted by Gasteiger charge is 2.29. The number of imidazole rings is 1. The normalized spacial score (nSPS) is 13.1. The molecule has 0 spiro atoms. The van der Waals surface area contributed by atoms with Crippen LogP contribution < -0.4 is 9.47 Å². The average molecular weight is 458 g/mol. The van der Waals surface area contributed by atoms with Crippen molar-refractivity contribution in [1.29, 1.82) is 0 Å². The van der Waals surface area contributed by atoms with E-state index in [9.17, 15) is 4.79 Å². The zero-order valence-corrected chi connectivity index (χ0v) is 19.3. The lowest BCUT2D eigenvalue weighted by atomic mass is 10.0. The van der Waals surface area contributed by atoms with Crippen LogP contribution in [0.3, 0.4) is 0 Å². The second-order valence-electron chi connectivity index (χ2n) is 8.50. The molecule has 0 atom stereocenters. The number of fused-ring (bicyclic) bond motifs is 1. The SMILES string of the molecule is COc1ccc2nc(CCN(CC3CC3)C(=O)c3ncccc3-c3ccc(OC)nc3)[nH]c2c1. The van der Waals surface area contributed by atoms with E-state index in [0.29, 0.717) is 30.5 Å². The molecule has 1 aromatic carbocycles. The molecule has 1 aliphatic rings. The van der Waals surface area contributed by atoms with Crippen molar-refractivity contribution in [2.75, 3.05) is 27.3 Å². The van der Waals surface area contributed by atoms with Gasteiger partial charge in [0.2, 0.25) is 5.88 Å². The van der Waals surface area contributed by atoms with Gasteiger partial charge in [-0.05, 0) is 43.0 Å². The van der Waals surface area contributed by atoms with Gasteiger partial charge in [-0.25, -0.2) is 9.97 Å². The number of pyridine rings is 2. The van der Waals surface area contributed by atoms with Crippen molar-refractivity contribution in [2.24, 2.45) is 5.92 Å². The van der Waals surface area contributed by atoms with Crippen LogP contribution in [0.5, 0.6) is 11.6 Å². The highest BCUT2D eigenvalue weighted by molar-refractivity contribution is 5.99. The Hall–Kier alpha value is -3.94. The summed E-state index contributed by atoms with van der Waals surface area (Å²) in [6, 6.07) is 13.2. The molecule has 8 nitrogen and oxygen atoms in total. The maximum absolute atomic E-state index is 13.7. The van der Waals surface area contributed by atoms with Crippen LogP contribution in [0.1, 0.15) is 29.2 Å². The van der Waals surface area contributed by atoms with Crippen LogP contribution in [-0.2, 0) is 6.42 Å². The van der Waals surface area contributed by atoms with Gasteiger partial charge in [0.05, 0.1) is 25.3 Å². The number of aromatic amines is 1. The molecule has 0 unspecified atom stereocenters. The lowest BCUT2D eigenvalue weighted by Gasteiger charge is -2.23. The minimum Gasteiger partial charge on any atom is -0.497 e. The molecule has 1 fully saturated rings. The average Bonchev–Trinajstić information content (AvgIpc) is 3.62. The van der Waals surface area contributed by atoms with Crippen LogP contribution >= 0.6 is 0 Å². The van der Waals surface area contributed by atoms with Crippen LogP contribution in [0.2, 0.25) is 0 Å². The number of nitrogens with one attached hydrogen (secondary N) is 1. The maximum Gasteiger partial charge on any atom is 0.273 e. The molecule has 3 aromatic heterocycles. The first-order valence-electron chi connectivity index (χ1n) is 11.4. The minimum absolute atomic E-state index is 0.0731. The third-order valence-electron chi connectivity index (χ3n) is 6.09. The van der Waals surface area contributed by atoms with Crippen molar-refractivity contribution < 1.29 is 14.3 Å². The highest BCUT2D eigenvalue weighted by atomic mass is 16.5. The van der Waals surface area contributed by atoms with Gasteiger partial charge in [-0.3, -0.25) is 9.78 Å². The van der Waals surface area contributed by atoms with Crippen molar-refractivity contribution in [3.05, 3.63) is 66.4 Å². The van der Waals surface area contributed by atoms with E-state index in [4.69, 9.17) is 9.47 Å². The molecule has 1 saturated carbocycles. The molecule has 1 amide bonds. The van der Waals surface area contributed by atoms with E-state index in [1.807, 2.05) is 41.3 Å². The number of hydrogen-bond acceptors (Lipinski definition) is 6. The van der Waals surface area contributed by atoms with Gasteiger partial charge in [0.1, 0.15) is 17.3 Å². The number of methoxy groups -OCH3 is 2. The van der Waals surface area contributed by atoms with Crippen molar-refractivity contribution >= 4 is 16.9 Å². The Morgan fingerprint density at radius 3 is 2.74 bits per heavy atom. The molecule has 5 rings (SSSR count). The summed E-state index contributed by atoms with van der Waals surface area (Å²) in [4.78, 5) is 32.4. The predicted molar refractivity (Wildman–Crippen MR) is 129 cm³/mol. The second-order valence-corrected chi connectivity index (χ2v) is 8.50. The summed E-state index contributed by atoms with van der Waals surface area (Å²) in [5.41, 5.74) is 3.84. The van der Waals surface area contributed by atoms with Crippen molar-refractivity contribution in [3.63, 3.8) is 0 Å². The number of carbonyl (C=O) groups excluding carboxylic acids is 1. The Balaban J connectivity index is 1.38. The Morgan fingerprint density at radius 2 is 2.00 bits per heavy atom. The van der Waals surface area contributed by atoms with E-state index in [1.54, 1.807) is 32.7 Å². The van der Waals surface area contributed by atoms with Crippen LogP contribution in [-0.4, -0.2) is 58.1 Å². The Labute approximate surface area is 198 Å². The molecule has 1 aliphatic carbocycles. The number of carbonyl (C=O) groups is 1. The van der Waals surface area contributed by atoms with E-state index >= 15 is 0 Å². The summed E-state index contributed by atoms with van der Waals surface area (Å²) in [5, 5.41) is 0. The topological polar surface area (TPSA) is 93.2 Å². The van der Waals surface area contributed by atoms with E-state index in [0.717, 1.165) is 53.1 Å². The zero-order chi connectivity index (χ0) is 23.5. The smallest absolute Gasteiger partial charge is 0.273 e. The summed E-state index contributed by atoms with van der Waals surface area (Å²) in [7, 11) is 3.23. The molecule has 8 heteroatoms. The lowest BCUT2D eigenvalue weighted by Crippen LogP contribution is -2.35. The van der Waals surface area contributed by atoms with Gasteiger partial charge in [-0.15, -0.1) is 0 Å². The number of nitrogens with zero attached hydrogens (tertiary/aromatic N) is 4. The summed E-state index contributed by atoms with van der Waals surface area (Å²) < 4.78 is 10.5. The van der Waals surface area contributed by atoms with Crippen LogP contribution in [0.4, 0.5) is 0 Å². The highest BCUT2D eigenvalue weighted by Crippen LogP contribution is 2.31. The maximum atomic E-state index is 13.7. The molecule has 1 N–H and O–H groups in total. The van der Waals surface area contributed by atoms with E-state index in [-0.39, 0.29) is 5.91 Å². The van der Waals surface area contributed by atoms with Crippen molar-refractivity contribution in [3.8, 4) is 22.8 Å². The van der Waals surface area contributed by atoms with Gasteiger partial charge in [0, 0.05) is 55.2 Å². The zero-order valence-electron chi connectivity index (χ0n) is 19.3. The summed E-state index contributed by atoms with van der Waals surface area (Å²) in [5.74, 6) is 2.63. The van der Waals surface area contributed by atoms with Crippen LogP contribution in [0.15, 0.2) is 54.9 Å². The van der Waals surface area contributed by atoms with Gasteiger partial charge in [-0.1, -0.05) is 6.07 Å². The number of hydrogen-bond donors (Lipinski definition) is 1. The van der Waals surface area contributed by atoms with E-state index < -0.39 is 0 Å². The first-order valence-corrected chi connectivity index (χ1v) is 11.4. The first kappa shape index (κ1) is 21.9. The van der Waals surface area contributed by atoms with Gasteiger partial charge in [0.25, 0.3) is 5.91 Å². The molecule has 3 heterocycles. The standard InChI is InChI=1S/C26H27N5O3/c1-33-19-8-9-21-22(14-19)30-23(29-21)11-13-31(16-17-5-6-17)26(32)25-20(4-3-12-27-25)18-7-10-24(34-2)28-15-18/h3-4,7-10,12,14-15,17H,5-6,11,13,16H2,1-2H3,(H,29,30). The number of benzene rings is 1. The van der Waals surface area contributed by atoms with Crippen molar-refractivity contribution in [2.45, 2.75) is 19.3 Å². The second kappa shape index (κ2) is 9.51. The Kier molecular flexibility index (Phi) is 6.12. The Morgan fingerprint density at radius 1 is 1.12 bits per heavy atom. The number of rotatable bonds is 9. The molecule has 4 aromatic rings. The van der Waals surface area contributed by atoms with Crippen LogP contribution in [0, 0.1) is 5.92 Å². The van der Waals surface area contributed by atoms with Gasteiger partial charge >= 0.3 is 0 Å². The van der Waals surface area contributed by atoms with E-state index in [2.05, 4.69) is 19.9 Å². The fourth-order valence-corrected chi connectivity index (χ4v) is 4.03. The lowest BCUT2D eigenvalue weighted by molar-refractivity contribution is 0.0744. The molecule has 0 bridgehead atoms. The summed E-state index contributed by atoms with van der Waals surface area (Å²) in [6.45, 7) is 1.28.